The number of rotatable bonds is 0. The Hall–Kier alpha value is -0.790. The van der Waals surface area contributed by atoms with Crippen molar-refractivity contribution in [2.45, 2.75) is 12.5 Å². The summed E-state index contributed by atoms with van der Waals surface area (Å²) in [6.45, 7) is 0. The molecule has 1 aliphatic heterocycles. The van der Waals surface area contributed by atoms with Gasteiger partial charge in [0.25, 0.3) is 0 Å². The smallest absolute Gasteiger partial charge is 0.224 e. The molecule has 2 nitrogen and oxygen atoms in total. The number of fused-ring (bicyclic) bond motifs is 2. The van der Waals surface area contributed by atoms with Crippen molar-refractivity contribution in [3.63, 3.8) is 0 Å². The molecule has 0 unspecified atom stereocenters. The number of carbonyl (C=O) groups is 1. The molecule has 2 bridgehead atoms. The van der Waals surface area contributed by atoms with Crippen LogP contribution in [0.1, 0.15) is 6.42 Å². The van der Waals surface area contributed by atoms with E-state index in [0.717, 1.165) is 0 Å². The minimum atomic E-state index is 0.288. The highest BCUT2D eigenvalue weighted by molar-refractivity contribution is 5.85. The summed E-state index contributed by atoms with van der Waals surface area (Å²) in [6, 6.07) is 0.368. The molecule has 0 aromatic heterocycles. The summed E-state index contributed by atoms with van der Waals surface area (Å²) in [5.74, 6) is 1.97. The largest absolute Gasteiger partial charge is 0.350 e. The van der Waals surface area contributed by atoms with Gasteiger partial charge in [0, 0.05) is 12.0 Å². The van der Waals surface area contributed by atoms with Crippen molar-refractivity contribution in [3.05, 3.63) is 12.2 Å². The lowest BCUT2D eigenvalue weighted by atomic mass is 10.0. The molecule has 2 fully saturated rings. The van der Waals surface area contributed by atoms with E-state index in [2.05, 4.69) is 17.5 Å². The van der Waals surface area contributed by atoms with Crippen LogP contribution in [0.5, 0.6) is 0 Å². The van der Waals surface area contributed by atoms with E-state index in [-0.39, 0.29) is 5.91 Å². The number of allylic oxidation sites excluding steroid dienone is 1. The first-order valence-electron chi connectivity index (χ1n) is 3.85. The average Bonchev–Trinajstić information content (AvgIpc) is 2.62. The minimum absolute atomic E-state index is 0.288. The maximum Gasteiger partial charge on any atom is 0.224 e. The maximum absolute atomic E-state index is 11.1. The molecule has 0 spiro atoms. The molecule has 1 N–H and O–H groups in total. The van der Waals surface area contributed by atoms with Gasteiger partial charge in [-0.1, -0.05) is 12.2 Å². The second-order valence-electron chi connectivity index (χ2n) is 3.50. The summed E-state index contributed by atoms with van der Waals surface area (Å²) in [5, 5.41) is 2.97. The Morgan fingerprint density at radius 1 is 1.50 bits per heavy atom. The van der Waals surface area contributed by atoms with Crippen LogP contribution in [0.25, 0.3) is 0 Å². The third kappa shape index (κ3) is 0.405. The molecule has 3 rings (SSSR count). The second-order valence-corrected chi connectivity index (χ2v) is 3.50. The van der Waals surface area contributed by atoms with Crippen LogP contribution in [0, 0.1) is 17.8 Å². The molecule has 0 aromatic rings. The van der Waals surface area contributed by atoms with Crippen molar-refractivity contribution in [1.29, 1.82) is 0 Å². The summed E-state index contributed by atoms with van der Waals surface area (Å²) in [6.07, 6.45) is 5.55. The highest BCUT2D eigenvalue weighted by atomic mass is 16.2. The van der Waals surface area contributed by atoms with Gasteiger partial charge in [-0.25, -0.2) is 0 Å². The van der Waals surface area contributed by atoms with Crippen LogP contribution in [-0.4, -0.2) is 11.9 Å². The van der Waals surface area contributed by atoms with Crippen LogP contribution < -0.4 is 5.32 Å². The number of carbonyl (C=O) groups excluding carboxylic acids is 1. The number of hydrogen-bond donors (Lipinski definition) is 1. The molecule has 0 aromatic carbocycles. The van der Waals surface area contributed by atoms with E-state index in [1.54, 1.807) is 0 Å². The lowest BCUT2D eigenvalue weighted by Gasteiger charge is -2.19. The van der Waals surface area contributed by atoms with E-state index < -0.39 is 0 Å². The molecular weight excluding hydrogens is 126 g/mol. The van der Waals surface area contributed by atoms with Gasteiger partial charge in [0.05, 0.1) is 0 Å². The van der Waals surface area contributed by atoms with Gasteiger partial charge in [0.15, 0.2) is 0 Å². The molecule has 4 atom stereocenters. The number of hydrogen-bond acceptors (Lipinski definition) is 1. The van der Waals surface area contributed by atoms with Gasteiger partial charge in [-0.2, -0.15) is 0 Å². The summed E-state index contributed by atoms with van der Waals surface area (Å²) in [7, 11) is 0. The quantitative estimate of drug-likeness (QED) is 0.476. The van der Waals surface area contributed by atoms with Crippen LogP contribution in [0.4, 0.5) is 0 Å². The molecule has 0 radical (unpaired) electrons. The molecule has 3 aliphatic rings. The first-order valence-corrected chi connectivity index (χ1v) is 3.85. The van der Waals surface area contributed by atoms with E-state index in [1.807, 2.05) is 0 Å². The Kier molecular flexibility index (Phi) is 0.636. The van der Waals surface area contributed by atoms with E-state index in [1.165, 1.54) is 6.42 Å². The predicted molar refractivity (Wildman–Crippen MR) is 36.2 cm³/mol. The Labute approximate surface area is 59.3 Å². The summed E-state index contributed by atoms with van der Waals surface area (Å²) >= 11 is 0. The van der Waals surface area contributed by atoms with Gasteiger partial charge in [-0.3, -0.25) is 4.79 Å². The molecule has 2 aliphatic carbocycles. The third-order valence-electron chi connectivity index (χ3n) is 2.95. The SMILES string of the molecule is O=C1N[C@H]2C=C[C@@H]3[C@H](C2)[C@H]13. The fourth-order valence-corrected chi connectivity index (χ4v) is 2.36. The summed E-state index contributed by atoms with van der Waals surface area (Å²) in [5.41, 5.74) is 0. The van der Waals surface area contributed by atoms with Gasteiger partial charge in [-0.15, -0.1) is 0 Å². The monoisotopic (exact) mass is 135 g/mol. The zero-order valence-electron chi connectivity index (χ0n) is 5.58. The standard InChI is InChI=1S/C8H9NO/c10-8-7-5-2-1-4(9-8)3-6(5)7/h1-2,4-7H,3H2,(H,9,10)/t4-,5+,6-,7+/m0/s1. The Morgan fingerprint density at radius 2 is 2.40 bits per heavy atom. The summed E-state index contributed by atoms with van der Waals surface area (Å²) in [4.78, 5) is 11.1. The fraction of sp³-hybridized carbons (Fsp3) is 0.625. The number of piperidine rings is 1. The Morgan fingerprint density at radius 3 is 3.30 bits per heavy atom. The molecule has 2 heteroatoms. The van der Waals surface area contributed by atoms with E-state index >= 15 is 0 Å². The molecular formula is C8H9NO. The van der Waals surface area contributed by atoms with Crippen LogP contribution in [-0.2, 0) is 4.79 Å². The van der Waals surface area contributed by atoms with Crippen LogP contribution in [0.15, 0.2) is 12.2 Å². The van der Waals surface area contributed by atoms with E-state index in [9.17, 15) is 4.79 Å². The lowest BCUT2D eigenvalue weighted by Crippen LogP contribution is -2.38. The number of amides is 1. The lowest BCUT2D eigenvalue weighted by molar-refractivity contribution is -0.124. The van der Waals surface area contributed by atoms with Gasteiger partial charge in [0.2, 0.25) is 5.91 Å². The Balaban J connectivity index is 2.06. The third-order valence-corrected chi connectivity index (χ3v) is 2.95. The van der Waals surface area contributed by atoms with Crippen LogP contribution >= 0.6 is 0 Å². The predicted octanol–water partition coefficient (Wildman–Crippen LogP) is 0.307. The van der Waals surface area contributed by atoms with Crippen molar-refractivity contribution in [1.82, 2.24) is 5.32 Å². The van der Waals surface area contributed by atoms with Crippen molar-refractivity contribution in [2.24, 2.45) is 17.8 Å². The Bertz CT molecular complexity index is 229. The minimum Gasteiger partial charge on any atom is -0.350 e. The van der Waals surface area contributed by atoms with Crippen LogP contribution in [0.3, 0.4) is 0 Å². The van der Waals surface area contributed by atoms with Gasteiger partial charge >= 0.3 is 0 Å². The van der Waals surface area contributed by atoms with E-state index in [4.69, 9.17) is 0 Å². The maximum atomic E-state index is 11.1. The molecule has 10 heavy (non-hydrogen) atoms. The molecule has 1 saturated carbocycles. The van der Waals surface area contributed by atoms with Crippen LogP contribution in [0.2, 0.25) is 0 Å². The first kappa shape index (κ1) is 4.94. The highest BCUT2D eigenvalue weighted by Crippen LogP contribution is 2.54. The van der Waals surface area contributed by atoms with E-state index in [0.29, 0.717) is 23.8 Å². The fourth-order valence-electron chi connectivity index (χ4n) is 2.36. The van der Waals surface area contributed by atoms with Gasteiger partial charge in [0.1, 0.15) is 0 Å². The van der Waals surface area contributed by atoms with Crippen molar-refractivity contribution in [2.75, 3.05) is 0 Å². The number of nitrogens with one attached hydrogen (secondary N) is 1. The van der Waals surface area contributed by atoms with Gasteiger partial charge in [-0.05, 0) is 18.3 Å². The second kappa shape index (κ2) is 1.29. The first-order chi connectivity index (χ1) is 4.86. The van der Waals surface area contributed by atoms with Gasteiger partial charge < -0.3 is 5.32 Å². The molecule has 1 saturated heterocycles. The van der Waals surface area contributed by atoms with Crippen molar-refractivity contribution < 1.29 is 4.79 Å². The van der Waals surface area contributed by atoms with Crippen molar-refractivity contribution in [3.8, 4) is 0 Å². The molecule has 1 amide bonds. The summed E-state index contributed by atoms with van der Waals surface area (Å²) < 4.78 is 0. The van der Waals surface area contributed by atoms with Crippen molar-refractivity contribution >= 4 is 5.91 Å². The zero-order valence-corrected chi connectivity index (χ0v) is 5.58. The zero-order chi connectivity index (χ0) is 6.72. The molecule has 52 valence electrons. The normalized spacial score (nSPS) is 54.2. The average molecular weight is 135 g/mol. The highest BCUT2D eigenvalue weighted by Gasteiger charge is 2.58. The topological polar surface area (TPSA) is 29.1 Å². The molecule has 1 heterocycles.